The van der Waals surface area contributed by atoms with Crippen LogP contribution in [0.15, 0.2) is 35.9 Å². The fourth-order valence-electron chi connectivity index (χ4n) is 2.26. The summed E-state index contributed by atoms with van der Waals surface area (Å²) < 4.78 is 13.5. The predicted molar refractivity (Wildman–Crippen MR) is 64.5 cm³/mol. The molecule has 1 unspecified atom stereocenters. The van der Waals surface area contributed by atoms with E-state index in [-0.39, 0.29) is 11.9 Å². The molecule has 2 N–H and O–H groups in total. The summed E-state index contributed by atoms with van der Waals surface area (Å²) in [5.41, 5.74) is 8.07. The van der Waals surface area contributed by atoms with E-state index in [0.29, 0.717) is 5.56 Å². The maximum atomic E-state index is 13.5. The van der Waals surface area contributed by atoms with Crippen LogP contribution in [0.25, 0.3) is 0 Å². The van der Waals surface area contributed by atoms with Gasteiger partial charge in [-0.25, -0.2) is 4.39 Å². The number of hydrogen-bond acceptors (Lipinski definition) is 1. The van der Waals surface area contributed by atoms with Gasteiger partial charge in [0.2, 0.25) is 0 Å². The quantitative estimate of drug-likeness (QED) is 0.770. The molecular weight excluding hydrogens is 201 g/mol. The summed E-state index contributed by atoms with van der Waals surface area (Å²) in [6.07, 6.45) is 7.86. The van der Waals surface area contributed by atoms with Crippen LogP contribution in [0.5, 0.6) is 0 Å². The lowest BCUT2D eigenvalue weighted by molar-refractivity contribution is 0.567. The van der Waals surface area contributed by atoms with E-state index >= 15 is 0 Å². The molecule has 0 spiro atoms. The van der Waals surface area contributed by atoms with Crippen molar-refractivity contribution in [1.29, 1.82) is 0 Å². The van der Waals surface area contributed by atoms with Crippen molar-refractivity contribution in [2.45, 2.75) is 38.1 Å². The van der Waals surface area contributed by atoms with Crippen LogP contribution in [0.1, 0.15) is 43.7 Å². The van der Waals surface area contributed by atoms with Crippen LogP contribution < -0.4 is 5.73 Å². The van der Waals surface area contributed by atoms with Gasteiger partial charge in [0.15, 0.2) is 0 Å². The van der Waals surface area contributed by atoms with Gasteiger partial charge in [-0.15, -0.1) is 0 Å². The van der Waals surface area contributed by atoms with E-state index in [0.717, 1.165) is 19.3 Å². The van der Waals surface area contributed by atoms with Gasteiger partial charge in [0.25, 0.3) is 0 Å². The molecule has 1 aromatic carbocycles. The first kappa shape index (κ1) is 11.3. The van der Waals surface area contributed by atoms with Crippen molar-refractivity contribution in [3.05, 3.63) is 47.3 Å². The third kappa shape index (κ3) is 2.70. The largest absolute Gasteiger partial charge is 0.324 e. The Kier molecular flexibility index (Phi) is 3.73. The van der Waals surface area contributed by atoms with Crippen molar-refractivity contribution in [3.8, 4) is 0 Å². The molecule has 1 atom stereocenters. The zero-order valence-electron chi connectivity index (χ0n) is 9.45. The van der Waals surface area contributed by atoms with Crippen LogP contribution in [0.3, 0.4) is 0 Å². The molecule has 1 aliphatic rings. The number of halogens is 1. The minimum atomic E-state index is -0.203. The van der Waals surface area contributed by atoms with Crippen LogP contribution in [-0.2, 0) is 0 Å². The highest BCUT2D eigenvalue weighted by molar-refractivity contribution is 5.23. The molecule has 0 saturated carbocycles. The zero-order valence-corrected chi connectivity index (χ0v) is 9.45. The number of rotatable bonds is 3. The third-order valence-corrected chi connectivity index (χ3v) is 3.17. The van der Waals surface area contributed by atoms with Gasteiger partial charge in [-0.05, 0) is 38.2 Å². The normalized spacial score (nSPS) is 18.0. The Morgan fingerprint density at radius 3 is 2.75 bits per heavy atom. The van der Waals surface area contributed by atoms with Gasteiger partial charge in [0, 0.05) is 11.6 Å². The minimum absolute atomic E-state index is 0.189. The van der Waals surface area contributed by atoms with Crippen LogP contribution in [0.2, 0.25) is 0 Å². The van der Waals surface area contributed by atoms with Crippen LogP contribution in [0, 0.1) is 5.82 Å². The average molecular weight is 219 g/mol. The first-order chi connectivity index (χ1) is 7.77. The Hall–Kier alpha value is -1.15. The average Bonchev–Trinajstić information content (AvgIpc) is 2.31. The standard InChI is InChI=1S/C14H18FN/c15-13-9-5-4-8-12(13)14(16)10-11-6-2-1-3-7-11/h4-6,8-9,14H,1-3,7,10,16H2. The lowest BCUT2D eigenvalue weighted by Crippen LogP contribution is -2.13. The molecule has 1 aromatic rings. The lowest BCUT2D eigenvalue weighted by atomic mass is 9.92. The summed E-state index contributed by atoms with van der Waals surface area (Å²) in [5, 5.41) is 0. The van der Waals surface area contributed by atoms with E-state index in [2.05, 4.69) is 6.08 Å². The molecule has 1 nitrogen and oxygen atoms in total. The van der Waals surface area contributed by atoms with Crippen LogP contribution in [-0.4, -0.2) is 0 Å². The van der Waals surface area contributed by atoms with Crippen molar-refractivity contribution < 1.29 is 4.39 Å². The van der Waals surface area contributed by atoms with Crippen molar-refractivity contribution in [2.75, 3.05) is 0 Å². The highest BCUT2D eigenvalue weighted by Gasteiger charge is 2.13. The molecule has 0 bridgehead atoms. The molecule has 16 heavy (non-hydrogen) atoms. The fraction of sp³-hybridized carbons (Fsp3) is 0.429. The van der Waals surface area contributed by atoms with E-state index < -0.39 is 0 Å². The Morgan fingerprint density at radius 1 is 1.25 bits per heavy atom. The SMILES string of the molecule is NC(CC1=CCCCC1)c1ccccc1F. The first-order valence-corrected chi connectivity index (χ1v) is 5.95. The molecule has 0 heterocycles. The van der Waals surface area contributed by atoms with Gasteiger partial charge < -0.3 is 5.73 Å². The van der Waals surface area contributed by atoms with Crippen molar-refractivity contribution in [3.63, 3.8) is 0 Å². The molecule has 0 radical (unpaired) electrons. The van der Waals surface area contributed by atoms with Gasteiger partial charge in [0.05, 0.1) is 0 Å². The monoisotopic (exact) mass is 219 g/mol. The topological polar surface area (TPSA) is 26.0 Å². The molecule has 86 valence electrons. The third-order valence-electron chi connectivity index (χ3n) is 3.17. The van der Waals surface area contributed by atoms with Gasteiger partial charge >= 0.3 is 0 Å². The number of hydrogen-bond donors (Lipinski definition) is 1. The summed E-state index contributed by atoms with van der Waals surface area (Å²) in [7, 11) is 0. The molecular formula is C14H18FN. The molecule has 1 aliphatic carbocycles. The van der Waals surface area contributed by atoms with Gasteiger partial charge in [-0.3, -0.25) is 0 Å². The van der Waals surface area contributed by atoms with Crippen molar-refractivity contribution in [2.24, 2.45) is 5.73 Å². The summed E-state index contributed by atoms with van der Waals surface area (Å²) in [5.74, 6) is -0.189. The predicted octanol–water partition coefficient (Wildman–Crippen LogP) is 3.72. The number of allylic oxidation sites excluding steroid dienone is 1. The molecule has 0 aliphatic heterocycles. The Labute approximate surface area is 96.2 Å². The second-order valence-corrected chi connectivity index (χ2v) is 4.44. The molecule has 0 amide bonds. The summed E-state index contributed by atoms with van der Waals surface area (Å²) in [6, 6.07) is 6.60. The van der Waals surface area contributed by atoms with Crippen LogP contribution in [0.4, 0.5) is 4.39 Å². The van der Waals surface area contributed by atoms with E-state index in [4.69, 9.17) is 5.73 Å². The fourth-order valence-corrected chi connectivity index (χ4v) is 2.26. The first-order valence-electron chi connectivity index (χ1n) is 5.95. The Balaban J connectivity index is 2.05. The van der Waals surface area contributed by atoms with Gasteiger partial charge in [0.1, 0.15) is 5.82 Å². The summed E-state index contributed by atoms with van der Waals surface area (Å²) in [6.45, 7) is 0. The number of nitrogens with two attached hydrogens (primary N) is 1. The number of benzene rings is 1. The maximum Gasteiger partial charge on any atom is 0.127 e. The van der Waals surface area contributed by atoms with E-state index in [1.54, 1.807) is 12.1 Å². The second-order valence-electron chi connectivity index (χ2n) is 4.44. The van der Waals surface area contributed by atoms with Gasteiger partial charge in [-0.1, -0.05) is 29.8 Å². The lowest BCUT2D eigenvalue weighted by Gasteiger charge is -2.18. The molecule has 2 rings (SSSR count). The van der Waals surface area contributed by atoms with Gasteiger partial charge in [-0.2, -0.15) is 0 Å². The Morgan fingerprint density at radius 2 is 2.06 bits per heavy atom. The molecule has 2 heteroatoms. The summed E-state index contributed by atoms with van der Waals surface area (Å²) >= 11 is 0. The smallest absolute Gasteiger partial charge is 0.127 e. The minimum Gasteiger partial charge on any atom is -0.324 e. The van der Waals surface area contributed by atoms with Crippen molar-refractivity contribution in [1.82, 2.24) is 0 Å². The van der Waals surface area contributed by atoms with E-state index in [1.165, 1.54) is 24.5 Å². The second kappa shape index (κ2) is 5.26. The Bertz CT molecular complexity index is 384. The van der Waals surface area contributed by atoms with E-state index in [1.807, 2.05) is 6.07 Å². The highest BCUT2D eigenvalue weighted by Crippen LogP contribution is 2.27. The molecule has 0 saturated heterocycles. The van der Waals surface area contributed by atoms with E-state index in [9.17, 15) is 4.39 Å². The summed E-state index contributed by atoms with van der Waals surface area (Å²) in [4.78, 5) is 0. The van der Waals surface area contributed by atoms with Crippen LogP contribution >= 0.6 is 0 Å². The highest BCUT2D eigenvalue weighted by atomic mass is 19.1. The molecule has 0 aromatic heterocycles. The maximum absolute atomic E-state index is 13.5. The molecule has 0 fully saturated rings. The zero-order chi connectivity index (χ0) is 11.4. The van der Waals surface area contributed by atoms with Crippen molar-refractivity contribution >= 4 is 0 Å².